The Kier molecular flexibility index (Phi) is 8.00. The number of amides is 4. The number of amidine groups is 1. The van der Waals surface area contributed by atoms with E-state index in [0.717, 1.165) is 31.7 Å². The van der Waals surface area contributed by atoms with Gasteiger partial charge in [-0.2, -0.15) is 0 Å². The van der Waals surface area contributed by atoms with Crippen molar-refractivity contribution in [1.29, 1.82) is 5.41 Å². The summed E-state index contributed by atoms with van der Waals surface area (Å²) in [5.41, 5.74) is 2.56. The molecule has 3 N–H and O–H groups in total. The van der Waals surface area contributed by atoms with Crippen molar-refractivity contribution >= 4 is 24.2 Å². The predicted octanol–water partition coefficient (Wildman–Crippen LogP) is 0.495. The molecule has 1 fully saturated rings. The highest BCUT2D eigenvalue weighted by molar-refractivity contribution is 5.99. The lowest BCUT2D eigenvalue weighted by Gasteiger charge is -2.33. The van der Waals surface area contributed by atoms with E-state index in [0.29, 0.717) is 35.0 Å². The molecule has 0 aliphatic carbocycles. The molecule has 0 radical (unpaired) electrons. The number of piperazine rings is 1. The number of ether oxygens (including phenoxy) is 1. The number of methoxy groups -OCH3 is 1. The largest absolute Gasteiger partial charge is 0.497 e. The lowest BCUT2D eigenvalue weighted by Crippen LogP contribution is -2.47. The van der Waals surface area contributed by atoms with Gasteiger partial charge in [0.2, 0.25) is 6.41 Å². The summed E-state index contributed by atoms with van der Waals surface area (Å²) >= 11 is 0. The van der Waals surface area contributed by atoms with Gasteiger partial charge in [0.1, 0.15) is 23.3 Å². The fourth-order valence-electron chi connectivity index (χ4n) is 4.19. The van der Waals surface area contributed by atoms with Gasteiger partial charge in [0.05, 0.1) is 13.7 Å². The van der Waals surface area contributed by atoms with Crippen LogP contribution in [0.15, 0.2) is 36.5 Å². The van der Waals surface area contributed by atoms with Gasteiger partial charge >= 0.3 is 6.03 Å². The van der Waals surface area contributed by atoms with E-state index in [-0.39, 0.29) is 18.9 Å². The van der Waals surface area contributed by atoms with E-state index in [9.17, 15) is 14.4 Å². The van der Waals surface area contributed by atoms with Gasteiger partial charge in [0.15, 0.2) is 0 Å². The summed E-state index contributed by atoms with van der Waals surface area (Å²) in [4.78, 5) is 45.9. The number of benzene rings is 1. The highest BCUT2D eigenvalue weighted by Crippen LogP contribution is 2.26. The average molecular weight is 504 g/mol. The van der Waals surface area contributed by atoms with Crippen LogP contribution in [0.25, 0.3) is 0 Å². The lowest BCUT2D eigenvalue weighted by atomic mass is 10.1. The molecule has 192 valence electrons. The minimum Gasteiger partial charge on any atom is -0.497 e. The Hall–Kier alpha value is -4.43. The number of likely N-dealkylation sites (N-methyl/N-ethyl adjacent to an activating group) is 1. The van der Waals surface area contributed by atoms with Crippen molar-refractivity contribution in [3.05, 3.63) is 58.9 Å². The number of aromatic nitrogens is 1. The van der Waals surface area contributed by atoms with E-state index < -0.39 is 12.1 Å². The highest BCUT2D eigenvalue weighted by atomic mass is 16.5. The first kappa shape index (κ1) is 25.7. The van der Waals surface area contributed by atoms with Crippen molar-refractivity contribution in [3.8, 4) is 17.6 Å². The number of carbonyl (C=O) groups is 3. The molecule has 11 nitrogen and oxygen atoms in total. The van der Waals surface area contributed by atoms with Crippen LogP contribution in [0.2, 0.25) is 0 Å². The Morgan fingerprint density at radius 2 is 2.03 bits per heavy atom. The second kappa shape index (κ2) is 11.5. The Bertz CT molecular complexity index is 1240. The molecule has 2 aliphatic rings. The zero-order valence-corrected chi connectivity index (χ0v) is 20.8. The molecule has 2 aromatic rings. The Morgan fingerprint density at radius 3 is 2.70 bits per heavy atom. The molecule has 0 saturated carbocycles. The third-order valence-corrected chi connectivity index (χ3v) is 6.31. The number of hydrogen-bond acceptors (Lipinski definition) is 7. The number of nitrogens with one attached hydrogen (secondary N) is 3. The van der Waals surface area contributed by atoms with Crippen molar-refractivity contribution < 1.29 is 19.1 Å². The quantitative estimate of drug-likeness (QED) is 0.226. The Balaban J connectivity index is 1.46. The molecule has 0 bridgehead atoms. The maximum absolute atomic E-state index is 12.9. The fourth-order valence-corrected chi connectivity index (χ4v) is 4.19. The molecule has 11 heteroatoms. The summed E-state index contributed by atoms with van der Waals surface area (Å²) in [5.74, 6) is 6.73. The number of carbonyl (C=O) groups excluding carboxylic acids is 3. The molecule has 1 aromatic heterocycles. The molecule has 1 atom stereocenters. The molecule has 4 amide bonds. The van der Waals surface area contributed by atoms with E-state index in [2.05, 4.69) is 34.1 Å². The van der Waals surface area contributed by atoms with Crippen LogP contribution in [-0.4, -0.2) is 96.8 Å². The summed E-state index contributed by atoms with van der Waals surface area (Å²) < 4.78 is 5.22. The number of urea groups is 1. The van der Waals surface area contributed by atoms with Gasteiger partial charge in [-0.25, -0.2) is 4.79 Å². The van der Waals surface area contributed by atoms with E-state index in [1.165, 1.54) is 7.11 Å². The van der Waals surface area contributed by atoms with Gasteiger partial charge in [-0.3, -0.25) is 25.3 Å². The standard InChI is InChI=1S/C26H29N7O4/c1-31-9-11-32(12-10-31)24(27)23-8-4-18(14-28-23)3-6-20(30-26(36)29-17-34)16-33-15-19-5-7-21(37-2)13-22(19)25(33)35/h4-5,7-8,13-14,17,20,27H,9-12,15-16H2,1-2H3,(H2,29,30,34,36)/t20-/m1/s1. The van der Waals surface area contributed by atoms with Crippen LogP contribution in [0.5, 0.6) is 5.75 Å². The van der Waals surface area contributed by atoms with Crippen molar-refractivity contribution in [1.82, 2.24) is 30.3 Å². The summed E-state index contributed by atoms with van der Waals surface area (Å²) in [7, 11) is 3.60. The molecule has 2 aliphatic heterocycles. The zero-order valence-electron chi connectivity index (χ0n) is 20.8. The van der Waals surface area contributed by atoms with E-state index >= 15 is 0 Å². The normalized spacial score (nSPS) is 15.8. The van der Waals surface area contributed by atoms with Crippen molar-refractivity contribution in [3.63, 3.8) is 0 Å². The smallest absolute Gasteiger partial charge is 0.322 e. The first-order valence-electron chi connectivity index (χ1n) is 11.8. The monoisotopic (exact) mass is 503 g/mol. The maximum atomic E-state index is 12.9. The fraction of sp³-hybridized carbons (Fsp3) is 0.346. The van der Waals surface area contributed by atoms with Gasteiger partial charge in [-0.1, -0.05) is 17.9 Å². The van der Waals surface area contributed by atoms with Gasteiger partial charge in [-0.05, 0) is 36.9 Å². The first-order valence-corrected chi connectivity index (χ1v) is 11.8. The van der Waals surface area contributed by atoms with E-state index in [1.807, 2.05) is 16.3 Å². The SMILES string of the molecule is COc1ccc2c(c1)C(=O)N(C[C@@H](C#Cc1ccc(C(=N)N3CCN(C)CC3)nc1)NC(=O)NC=O)C2. The second-order valence-electron chi connectivity index (χ2n) is 8.84. The van der Waals surface area contributed by atoms with Gasteiger partial charge in [0, 0.05) is 50.0 Å². The van der Waals surface area contributed by atoms with E-state index in [4.69, 9.17) is 10.1 Å². The maximum Gasteiger partial charge on any atom is 0.322 e. The summed E-state index contributed by atoms with van der Waals surface area (Å²) in [6.07, 6.45) is 1.86. The van der Waals surface area contributed by atoms with Crippen LogP contribution in [0.3, 0.4) is 0 Å². The summed E-state index contributed by atoms with van der Waals surface area (Å²) in [6, 6.07) is 7.39. The number of pyridine rings is 1. The zero-order chi connectivity index (χ0) is 26.4. The number of rotatable bonds is 6. The highest BCUT2D eigenvalue weighted by Gasteiger charge is 2.29. The Labute approximate surface area is 215 Å². The van der Waals surface area contributed by atoms with Crippen LogP contribution >= 0.6 is 0 Å². The molecule has 0 unspecified atom stereocenters. The first-order chi connectivity index (χ1) is 17.9. The van der Waals surface area contributed by atoms with Gasteiger partial charge < -0.3 is 24.8 Å². The molecule has 37 heavy (non-hydrogen) atoms. The topological polar surface area (TPSA) is 131 Å². The second-order valence-corrected chi connectivity index (χ2v) is 8.84. The number of imide groups is 1. The minimum absolute atomic E-state index is 0.120. The number of nitrogens with zero attached hydrogens (tertiary/aromatic N) is 4. The van der Waals surface area contributed by atoms with Crippen molar-refractivity contribution in [2.75, 3.05) is 46.9 Å². The van der Waals surface area contributed by atoms with Gasteiger partial charge in [0.25, 0.3) is 5.91 Å². The summed E-state index contributed by atoms with van der Waals surface area (Å²) in [5, 5.41) is 13.1. The lowest BCUT2D eigenvalue weighted by molar-refractivity contribution is -0.108. The van der Waals surface area contributed by atoms with Crippen LogP contribution in [-0.2, 0) is 11.3 Å². The molecule has 1 aromatic carbocycles. The van der Waals surface area contributed by atoms with Crippen molar-refractivity contribution in [2.45, 2.75) is 12.6 Å². The third kappa shape index (κ3) is 6.23. The summed E-state index contributed by atoms with van der Waals surface area (Å²) in [6.45, 7) is 3.85. The molecular weight excluding hydrogens is 474 g/mol. The van der Waals surface area contributed by atoms with Crippen LogP contribution < -0.4 is 15.4 Å². The van der Waals surface area contributed by atoms with Crippen molar-refractivity contribution in [2.24, 2.45) is 0 Å². The third-order valence-electron chi connectivity index (χ3n) is 6.31. The van der Waals surface area contributed by atoms with Crippen LogP contribution in [0.1, 0.15) is 27.2 Å². The van der Waals surface area contributed by atoms with Crippen LogP contribution in [0.4, 0.5) is 4.79 Å². The average Bonchev–Trinajstić information content (AvgIpc) is 3.21. The minimum atomic E-state index is -0.747. The molecule has 0 spiro atoms. The molecular formula is C26H29N7O4. The predicted molar refractivity (Wildman–Crippen MR) is 136 cm³/mol. The molecule has 3 heterocycles. The number of hydrogen-bond donors (Lipinski definition) is 3. The number of fused-ring (bicyclic) bond motifs is 1. The van der Waals surface area contributed by atoms with Crippen LogP contribution in [0, 0.1) is 17.3 Å². The molecule has 4 rings (SSSR count). The van der Waals surface area contributed by atoms with Gasteiger partial charge in [-0.15, -0.1) is 0 Å². The Morgan fingerprint density at radius 1 is 1.24 bits per heavy atom. The molecule has 1 saturated heterocycles. The van der Waals surface area contributed by atoms with E-state index in [1.54, 1.807) is 35.4 Å².